The summed E-state index contributed by atoms with van der Waals surface area (Å²) in [6.07, 6.45) is 7.11. The van der Waals surface area contributed by atoms with Crippen molar-refractivity contribution in [1.29, 1.82) is 0 Å². The number of para-hydroxylation sites is 3. The SMILES string of the molecule is C1=CC2c3ccccc3SC2C=C1c1cccc2c1oc1cccc(-n3c4ccccc4c4ccccc43)c12. The van der Waals surface area contributed by atoms with Gasteiger partial charge in [0.2, 0.25) is 0 Å². The minimum Gasteiger partial charge on any atom is -0.455 e. The van der Waals surface area contributed by atoms with Crippen molar-refractivity contribution in [3.8, 4) is 5.69 Å². The first-order chi connectivity index (χ1) is 19.3. The summed E-state index contributed by atoms with van der Waals surface area (Å²) in [7, 11) is 0. The number of hydrogen-bond donors (Lipinski definition) is 0. The van der Waals surface area contributed by atoms with Gasteiger partial charge < -0.3 is 8.98 Å². The van der Waals surface area contributed by atoms with Crippen molar-refractivity contribution >= 4 is 61.1 Å². The van der Waals surface area contributed by atoms with E-state index in [0.717, 1.165) is 33.2 Å². The summed E-state index contributed by atoms with van der Waals surface area (Å²) in [5.41, 5.74) is 9.26. The lowest BCUT2D eigenvalue weighted by Gasteiger charge is -2.19. The molecule has 1 aliphatic heterocycles. The summed E-state index contributed by atoms with van der Waals surface area (Å²) in [6, 6.07) is 39.2. The van der Waals surface area contributed by atoms with Crippen molar-refractivity contribution < 1.29 is 4.42 Å². The molecule has 0 radical (unpaired) electrons. The maximum Gasteiger partial charge on any atom is 0.143 e. The number of furan rings is 1. The van der Waals surface area contributed by atoms with E-state index in [1.165, 1.54) is 37.8 Å². The molecule has 0 N–H and O–H groups in total. The van der Waals surface area contributed by atoms with Crippen LogP contribution in [0.1, 0.15) is 17.0 Å². The van der Waals surface area contributed by atoms with E-state index in [1.807, 2.05) is 11.8 Å². The molecule has 184 valence electrons. The maximum atomic E-state index is 6.68. The van der Waals surface area contributed by atoms with Gasteiger partial charge in [0.05, 0.1) is 22.1 Å². The van der Waals surface area contributed by atoms with Crippen LogP contribution < -0.4 is 0 Å². The molecule has 3 heterocycles. The first kappa shape index (κ1) is 21.5. The van der Waals surface area contributed by atoms with Crippen LogP contribution in [0.3, 0.4) is 0 Å². The highest BCUT2D eigenvalue weighted by Gasteiger charge is 2.32. The summed E-state index contributed by atoms with van der Waals surface area (Å²) >= 11 is 1.97. The number of thioether (sulfide) groups is 1. The molecule has 2 aromatic heterocycles. The minimum atomic E-state index is 0.412. The Kier molecular flexibility index (Phi) is 4.41. The molecule has 3 heteroatoms. The summed E-state index contributed by atoms with van der Waals surface area (Å²) in [5.74, 6) is 0.437. The molecule has 0 fully saturated rings. The number of aromatic nitrogens is 1. The van der Waals surface area contributed by atoms with E-state index in [2.05, 4.69) is 132 Å². The van der Waals surface area contributed by atoms with Gasteiger partial charge in [0.15, 0.2) is 0 Å². The quantitative estimate of drug-likeness (QED) is 0.227. The largest absolute Gasteiger partial charge is 0.455 e. The molecule has 1 aliphatic carbocycles. The van der Waals surface area contributed by atoms with Gasteiger partial charge in [-0.2, -0.15) is 0 Å². The number of fused-ring (bicyclic) bond motifs is 9. The zero-order valence-electron chi connectivity index (χ0n) is 21.0. The van der Waals surface area contributed by atoms with Crippen LogP contribution in [0.4, 0.5) is 0 Å². The number of allylic oxidation sites excluding steroid dienone is 3. The Morgan fingerprint density at radius 2 is 1.38 bits per heavy atom. The first-order valence-corrected chi connectivity index (χ1v) is 14.3. The predicted octanol–water partition coefficient (Wildman–Crippen LogP) is 9.89. The van der Waals surface area contributed by atoms with Gasteiger partial charge >= 0.3 is 0 Å². The van der Waals surface area contributed by atoms with E-state index in [9.17, 15) is 0 Å². The molecular formula is C36H23NOS. The van der Waals surface area contributed by atoms with Crippen LogP contribution in [0.25, 0.3) is 55.0 Å². The van der Waals surface area contributed by atoms with E-state index in [1.54, 1.807) is 0 Å². The van der Waals surface area contributed by atoms with Crippen LogP contribution in [-0.2, 0) is 0 Å². The molecule has 2 atom stereocenters. The van der Waals surface area contributed by atoms with E-state index in [-0.39, 0.29) is 0 Å². The third-order valence-corrected chi connectivity index (χ3v) is 9.68. The minimum absolute atomic E-state index is 0.412. The average Bonchev–Trinajstić information content (AvgIpc) is 3.66. The van der Waals surface area contributed by atoms with Crippen molar-refractivity contribution in [3.05, 3.63) is 139 Å². The number of benzene rings is 5. The van der Waals surface area contributed by atoms with E-state index < -0.39 is 0 Å². The Bertz CT molecular complexity index is 2120. The fourth-order valence-corrected chi connectivity index (χ4v) is 8.04. The van der Waals surface area contributed by atoms with Gasteiger partial charge in [0.25, 0.3) is 0 Å². The molecule has 0 amide bonds. The Hall–Kier alpha value is -4.47. The van der Waals surface area contributed by atoms with Crippen molar-refractivity contribution in [2.24, 2.45) is 0 Å². The monoisotopic (exact) mass is 517 g/mol. The Morgan fingerprint density at radius 1 is 0.667 bits per heavy atom. The third-order valence-electron chi connectivity index (χ3n) is 8.35. The molecule has 9 rings (SSSR count). The van der Waals surface area contributed by atoms with E-state index >= 15 is 0 Å². The highest BCUT2D eigenvalue weighted by Crippen LogP contribution is 2.50. The summed E-state index contributed by atoms with van der Waals surface area (Å²) < 4.78 is 9.07. The molecule has 2 aliphatic rings. The normalized spacial score (nSPS) is 18.2. The van der Waals surface area contributed by atoms with Crippen LogP contribution in [0.2, 0.25) is 0 Å². The van der Waals surface area contributed by atoms with Gasteiger partial charge in [-0.15, -0.1) is 11.8 Å². The number of nitrogens with zero attached hydrogens (tertiary/aromatic N) is 1. The standard InChI is InChI=1S/C36H23NOS/c1-4-14-29-24(9-1)25-10-2-5-15-30(25)37(29)31-16-8-17-32-35(31)28-13-7-12-23(36(28)38-32)22-19-20-27-26-11-3-6-18-33(26)39-34(27)21-22/h1-21,27,34H. The Morgan fingerprint density at radius 3 is 2.23 bits per heavy atom. The molecule has 2 unspecified atom stereocenters. The smallest absolute Gasteiger partial charge is 0.143 e. The van der Waals surface area contributed by atoms with Crippen LogP contribution in [0, 0.1) is 0 Å². The summed E-state index contributed by atoms with van der Waals surface area (Å²) in [6.45, 7) is 0. The van der Waals surface area contributed by atoms with Gasteiger partial charge in [0.1, 0.15) is 11.2 Å². The van der Waals surface area contributed by atoms with Gasteiger partial charge in [-0.3, -0.25) is 0 Å². The number of hydrogen-bond acceptors (Lipinski definition) is 2. The van der Waals surface area contributed by atoms with Crippen molar-refractivity contribution in [2.75, 3.05) is 0 Å². The lowest BCUT2D eigenvalue weighted by molar-refractivity contribution is 0.667. The van der Waals surface area contributed by atoms with E-state index in [0.29, 0.717) is 11.2 Å². The highest BCUT2D eigenvalue weighted by atomic mass is 32.2. The highest BCUT2D eigenvalue weighted by molar-refractivity contribution is 8.00. The van der Waals surface area contributed by atoms with Gasteiger partial charge in [-0.1, -0.05) is 97.1 Å². The summed E-state index contributed by atoms with van der Waals surface area (Å²) in [5, 5.41) is 5.25. The van der Waals surface area contributed by atoms with Crippen molar-refractivity contribution in [2.45, 2.75) is 16.1 Å². The molecular weight excluding hydrogens is 494 g/mol. The lowest BCUT2D eigenvalue weighted by Crippen LogP contribution is -2.09. The molecule has 0 saturated heterocycles. The molecule has 7 aromatic rings. The zero-order valence-corrected chi connectivity index (χ0v) is 21.9. The van der Waals surface area contributed by atoms with Crippen LogP contribution in [0.5, 0.6) is 0 Å². The van der Waals surface area contributed by atoms with Gasteiger partial charge in [-0.25, -0.2) is 0 Å². The van der Waals surface area contributed by atoms with Crippen LogP contribution in [-0.4, -0.2) is 9.82 Å². The Balaban J connectivity index is 1.27. The zero-order chi connectivity index (χ0) is 25.5. The van der Waals surface area contributed by atoms with Crippen LogP contribution >= 0.6 is 11.8 Å². The Labute approximate surface area is 229 Å². The number of rotatable bonds is 2. The fraction of sp³-hybridized carbons (Fsp3) is 0.0556. The fourth-order valence-electron chi connectivity index (χ4n) is 6.66. The summed E-state index contributed by atoms with van der Waals surface area (Å²) in [4.78, 5) is 1.40. The predicted molar refractivity (Wildman–Crippen MR) is 164 cm³/mol. The second-order valence-corrected chi connectivity index (χ2v) is 11.7. The van der Waals surface area contributed by atoms with Crippen LogP contribution in [0.15, 0.2) is 137 Å². The first-order valence-electron chi connectivity index (χ1n) is 13.4. The second-order valence-electron chi connectivity index (χ2n) is 10.4. The molecule has 0 bridgehead atoms. The molecule has 39 heavy (non-hydrogen) atoms. The molecule has 5 aromatic carbocycles. The second kappa shape index (κ2) is 8.02. The van der Waals surface area contributed by atoms with Crippen molar-refractivity contribution in [3.63, 3.8) is 0 Å². The molecule has 2 nitrogen and oxygen atoms in total. The average molecular weight is 518 g/mol. The topological polar surface area (TPSA) is 18.1 Å². The van der Waals surface area contributed by atoms with E-state index in [4.69, 9.17) is 4.42 Å². The molecule has 0 saturated carbocycles. The van der Waals surface area contributed by atoms with Gasteiger partial charge in [0, 0.05) is 37.8 Å². The van der Waals surface area contributed by atoms with Gasteiger partial charge in [-0.05, 0) is 41.5 Å². The third kappa shape index (κ3) is 2.99. The van der Waals surface area contributed by atoms with Crippen molar-refractivity contribution in [1.82, 2.24) is 4.57 Å². The maximum absolute atomic E-state index is 6.68. The molecule has 0 spiro atoms. The lowest BCUT2D eigenvalue weighted by atomic mass is 9.88.